The highest BCUT2D eigenvalue weighted by Crippen LogP contribution is 2.36. The maximum atomic E-state index is 10.7. The van der Waals surface area contributed by atoms with Gasteiger partial charge in [-0.25, -0.2) is 4.79 Å². The predicted octanol–water partition coefficient (Wildman–Crippen LogP) is 1.58. The molecule has 1 aromatic heterocycles. The number of carboxylic acid groups (broad SMARTS) is 1. The van der Waals surface area contributed by atoms with Crippen molar-refractivity contribution in [2.45, 2.75) is 18.9 Å². The van der Waals surface area contributed by atoms with Gasteiger partial charge in [-0.05, 0) is 25.1 Å². The Kier molecular flexibility index (Phi) is 1.54. The van der Waals surface area contributed by atoms with E-state index in [-0.39, 0.29) is 5.69 Å². The Morgan fingerprint density at radius 3 is 2.92 bits per heavy atom. The second kappa shape index (κ2) is 2.45. The van der Waals surface area contributed by atoms with Crippen LogP contribution in [-0.4, -0.2) is 20.6 Å². The van der Waals surface area contributed by atoms with Crippen LogP contribution < -0.4 is 0 Å². The van der Waals surface area contributed by atoms with Gasteiger partial charge in [-0.1, -0.05) is 0 Å². The summed E-state index contributed by atoms with van der Waals surface area (Å²) in [6.07, 6.45) is 3.52. The number of H-pyrrole nitrogens is 1. The van der Waals surface area contributed by atoms with E-state index in [4.69, 9.17) is 17.3 Å². The molecule has 1 aliphatic rings. The standard InChI is InChI=1S/C7H8N2O2S/c10-6(11)5-3-8-7(12)9(5)4-1-2-4/h3-4H,1-2H2,(H,8,12)(H,10,11). The number of aromatic amines is 1. The highest BCUT2D eigenvalue weighted by Gasteiger charge is 2.28. The van der Waals surface area contributed by atoms with Gasteiger partial charge < -0.3 is 14.7 Å². The first-order valence-electron chi connectivity index (χ1n) is 3.73. The van der Waals surface area contributed by atoms with Crippen LogP contribution in [0.1, 0.15) is 29.4 Å². The van der Waals surface area contributed by atoms with Crippen molar-refractivity contribution in [3.05, 3.63) is 16.7 Å². The molecule has 1 fully saturated rings. The second-order valence-corrected chi connectivity index (χ2v) is 3.27. The first-order chi connectivity index (χ1) is 5.70. The summed E-state index contributed by atoms with van der Waals surface area (Å²) in [4.78, 5) is 13.4. The number of aromatic nitrogens is 2. The highest BCUT2D eigenvalue weighted by atomic mass is 32.1. The summed E-state index contributed by atoms with van der Waals surface area (Å²) in [5.74, 6) is -0.922. The lowest BCUT2D eigenvalue weighted by Gasteiger charge is -2.00. The molecule has 1 saturated carbocycles. The average molecular weight is 184 g/mol. The van der Waals surface area contributed by atoms with Crippen molar-refractivity contribution in [2.24, 2.45) is 0 Å². The van der Waals surface area contributed by atoms with E-state index in [2.05, 4.69) is 4.98 Å². The minimum Gasteiger partial charge on any atom is -0.477 e. The Labute approximate surface area is 73.8 Å². The lowest BCUT2D eigenvalue weighted by molar-refractivity contribution is 0.0684. The van der Waals surface area contributed by atoms with E-state index >= 15 is 0 Å². The molecule has 1 aromatic rings. The molecule has 0 atom stereocenters. The largest absolute Gasteiger partial charge is 0.477 e. The van der Waals surface area contributed by atoms with Crippen LogP contribution in [0.15, 0.2) is 6.20 Å². The van der Waals surface area contributed by atoms with Crippen LogP contribution in [0.2, 0.25) is 0 Å². The fourth-order valence-corrected chi connectivity index (χ4v) is 1.54. The Morgan fingerprint density at radius 1 is 1.75 bits per heavy atom. The van der Waals surface area contributed by atoms with Crippen molar-refractivity contribution in [1.29, 1.82) is 0 Å². The third-order valence-electron chi connectivity index (χ3n) is 1.94. The van der Waals surface area contributed by atoms with Gasteiger partial charge in [0, 0.05) is 12.2 Å². The first-order valence-corrected chi connectivity index (χ1v) is 4.14. The molecule has 1 heterocycles. The molecule has 5 heteroatoms. The minimum absolute atomic E-state index is 0.266. The SMILES string of the molecule is O=C(O)c1c[nH]c(=S)n1C1CC1. The summed E-state index contributed by atoms with van der Waals surface area (Å²) in [7, 11) is 0. The Morgan fingerprint density at radius 2 is 2.42 bits per heavy atom. The summed E-state index contributed by atoms with van der Waals surface area (Å²) in [6, 6.07) is 0.315. The fraction of sp³-hybridized carbons (Fsp3) is 0.429. The van der Waals surface area contributed by atoms with E-state index in [0.717, 1.165) is 12.8 Å². The molecule has 64 valence electrons. The maximum absolute atomic E-state index is 10.7. The normalized spacial score (nSPS) is 16.3. The summed E-state index contributed by atoms with van der Waals surface area (Å²) in [5.41, 5.74) is 0.266. The van der Waals surface area contributed by atoms with Crippen LogP contribution in [0.5, 0.6) is 0 Å². The molecule has 0 amide bonds. The van der Waals surface area contributed by atoms with Crippen LogP contribution in [-0.2, 0) is 0 Å². The Hall–Kier alpha value is -1.10. The van der Waals surface area contributed by atoms with E-state index in [1.54, 1.807) is 4.57 Å². The zero-order valence-corrected chi connectivity index (χ0v) is 7.10. The quantitative estimate of drug-likeness (QED) is 0.686. The predicted molar refractivity (Wildman–Crippen MR) is 44.8 cm³/mol. The van der Waals surface area contributed by atoms with Gasteiger partial charge in [-0.15, -0.1) is 0 Å². The second-order valence-electron chi connectivity index (χ2n) is 2.89. The van der Waals surface area contributed by atoms with E-state index in [1.807, 2.05) is 0 Å². The number of aromatic carboxylic acids is 1. The summed E-state index contributed by atoms with van der Waals surface area (Å²) < 4.78 is 2.19. The summed E-state index contributed by atoms with van der Waals surface area (Å²) in [6.45, 7) is 0. The average Bonchev–Trinajstić information content (AvgIpc) is 2.75. The van der Waals surface area contributed by atoms with E-state index < -0.39 is 5.97 Å². The number of hydrogen-bond donors (Lipinski definition) is 2. The molecule has 0 radical (unpaired) electrons. The van der Waals surface area contributed by atoms with Gasteiger partial charge in [0.1, 0.15) is 5.69 Å². The summed E-state index contributed by atoms with van der Waals surface area (Å²) in [5, 5.41) is 8.77. The van der Waals surface area contributed by atoms with Crippen molar-refractivity contribution in [2.75, 3.05) is 0 Å². The topological polar surface area (TPSA) is 58.0 Å². The number of carboxylic acids is 1. The van der Waals surface area contributed by atoms with Gasteiger partial charge in [-0.3, -0.25) is 0 Å². The Bertz CT molecular complexity index is 375. The van der Waals surface area contributed by atoms with Gasteiger partial charge in [0.15, 0.2) is 4.77 Å². The fourth-order valence-electron chi connectivity index (χ4n) is 1.24. The number of rotatable bonds is 2. The first kappa shape index (κ1) is 7.54. The molecule has 0 unspecified atom stereocenters. The van der Waals surface area contributed by atoms with Crippen LogP contribution in [0, 0.1) is 4.77 Å². The number of nitrogens with zero attached hydrogens (tertiary/aromatic N) is 1. The maximum Gasteiger partial charge on any atom is 0.354 e. The van der Waals surface area contributed by atoms with Crippen molar-refractivity contribution in [3.63, 3.8) is 0 Å². The lowest BCUT2D eigenvalue weighted by Crippen LogP contribution is -2.06. The van der Waals surface area contributed by atoms with Crippen LogP contribution in [0.4, 0.5) is 0 Å². The van der Waals surface area contributed by atoms with Crippen molar-refractivity contribution in [3.8, 4) is 0 Å². The van der Waals surface area contributed by atoms with E-state index in [1.165, 1.54) is 6.20 Å². The van der Waals surface area contributed by atoms with Crippen molar-refractivity contribution < 1.29 is 9.90 Å². The molecule has 0 aliphatic heterocycles. The molecule has 12 heavy (non-hydrogen) atoms. The molecule has 0 bridgehead atoms. The molecular formula is C7H8N2O2S. The monoisotopic (exact) mass is 184 g/mol. The number of carbonyl (C=O) groups is 1. The molecule has 4 nitrogen and oxygen atoms in total. The molecular weight excluding hydrogens is 176 g/mol. The van der Waals surface area contributed by atoms with E-state index in [9.17, 15) is 4.79 Å². The zero-order valence-electron chi connectivity index (χ0n) is 6.28. The molecule has 0 spiro atoms. The van der Waals surface area contributed by atoms with Crippen molar-refractivity contribution >= 4 is 18.2 Å². The Balaban J connectivity index is 2.53. The van der Waals surface area contributed by atoms with Crippen LogP contribution in [0.25, 0.3) is 0 Å². The van der Waals surface area contributed by atoms with Gasteiger partial charge in [-0.2, -0.15) is 0 Å². The number of hydrogen-bond acceptors (Lipinski definition) is 2. The van der Waals surface area contributed by atoms with Crippen LogP contribution >= 0.6 is 12.2 Å². The third-order valence-corrected chi connectivity index (χ3v) is 2.26. The van der Waals surface area contributed by atoms with Crippen molar-refractivity contribution in [1.82, 2.24) is 9.55 Å². The van der Waals surface area contributed by atoms with Crippen LogP contribution in [0.3, 0.4) is 0 Å². The molecule has 0 saturated heterocycles. The van der Waals surface area contributed by atoms with Gasteiger partial charge in [0.25, 0.3) is 0 Å². The number of nitrogens with one attached hydrogen (secondary N) is 1. The highest BCUT2D eigenvalue weighted by molar-refractivity contribution is 7.71. The van der Waals surface area contributed by atoms with Gasteiger partial charge >= 0.3 is 5.97 Å². The lowest BCUT2D eigenvalue weighted by atomic mass is 10.4. The molecule has 1 aliphatic carbocycles. The van der Waals surface area contributed by atoms with E-state index in [0.29, 0.717) is 10.8 Å². The molecule has 2 rings (SSSR count). The summed E-state index contributed by atoms with van der Waals surface area (Å²) >= 11 is 4.95. The smallest absolute Gasteiger partial charge is 0.354 e. The minimum atomic E-state index is -0.922. The van der Waals surface area contributed by atoms with Gasteiger partial charge in [0.05, 0.1) is 0 Å². The third kappa shape index (κ3) is 1.06. The van der Waals surface area contributed by atoms with Gasteiger partial charge in [0.2, 0.25) is 0 Å². The molecule has 2 N–H and O–H groups in total. The molecule has 0 aromatic carbocycles. The number of imidazole rings is 1. The zero-order chi connectivity index (χ0) is 8.72.